The Kier molecular flexibility index (Phi) is 5.26. The molecule has 1 atom stereocenters. The first kappa shape index (κ1) is 17.7. The molecule has 0 aliphatic carbocycles. The fraction of sp³-hybridized carbons (Fsp3) is 0.600. The third kappa shape index (κ3) is 3.64. The first-order valence-electron chi connectivity index (χ1n) is 7.76. The Labute approximate surface area is 137 Å². The molecule has 0 N–H and O–H groups in total. The molecule has 0 saturated carbocycles. The van der Waals surface area contributed by atoms with E-state index in [2.05, 4.69) is 18.7 Å². The van der Waals surface area contributed by atoms with Crippen molar-refractivity contribution in [2.45, 2.75) is 31.2 Å². The van der Waals surface area contributed by atoms with Gasteiger partial charge in [-0.05, 0) is 31.6 Å². The molecule has 1 aliphatic rings. The van der Waals surface area contributed by atoms with Crippen LogP contribution in [0.15, 0.2) is 23.1 Å². The molecule has 0 radical (unpaired) electrons. The van der Waals surface area contributed by atoms with E-state index in [-0.39, 0.29) is 10.6 Å². The topological polar surface area (TPSA) is 83.8 Å². The predicted octanol–water partition coefficient (Wildman–Crippen LogP) is 1.92. The Morgan fingerprint density at radius 3 is 2.52 bits per heavy atom. The van der Waals surface area contributed by atoms with Crippen LogP contribution in [0.1, 0.15) is 20.3 Å². The zero-order chi connectivity index (χ0) is 17.2. The number of nitrogens with zero attached hydrogens (tertiary/aromatic N) is 3. The van der Waals surface area contributed by atoms with E-state index in [0.29, 0.717) is 24.8 Å². The summed E-state index contributed by atoms with van der Waals surface area (Å²) in [5.74, 6) is 0. The first-order chi connectivity index (χ1) is 10.8. The van der Waals surface area contributed by atoms with Crippen LogP contribution in [0.3, 0.4) is 0 Å². The summed E-state index contributed by atoms with van der Waals surface area (Å²) in [5, 5.41) is 11.5. The number of para-hydroxylation sites is 1. The summed E-state index contributed by atoms with van der Waals surface area (Å²) in [6.45, 7) is 7.42. The lowest BCUT2D eigenvalue weighted by Gasteiger charge is -2.26. The fourth-order valence-corrected chi connectivity index (χ4v) is 4.10. The molecule has 8 heteroatoms. The van der Waals surface area contributed by atoms with Gasteiger partial charge in [0, 0.05) is 25.4 Å². The van der Waals surface area contributed by atoms with Crippen LogP contribution in [-0.4, -0.2) is 56.7 Å². The summed E-state index contributed by atoms with van der Waals surface area (Å²) < 4.78 is 23.7. The fourth-order valence-electron chi connectivity index (χ4n) is 3.25. The highest BCUT2D eigenvalue weighted by atomic mass is 32.2. The molecule has 1 saturated heterocycles. The van der Waals surface area contributed by atoms with E-state index in [9.17, 15) is 18.5 Å². The Morgan fingerprint density at radius 2 is 2.00 bits per heavy atom. The number of hydrogen-bond donors (Lipinski definition) is 0. The second kappa shape index (κ2) is 6.84. The summed E-state index contributed by atoms with van der Waals surface area (Å²) >= 11 is 0. The summed E-state index contributed by atoms with van der Waals surface area (Å²) in [7, 11) is -3.65. The number of nitro benzene ring substituents is 1. The van der Waals surface area contributed by atoms with Crippen molar-refractivity contribution in [1.82, 2.24) is 4.90 Å². The van der Waals surface area contributed by atoms with Crippen LogP contribution in [0.4, 0.5) is 11.4 Å². The van der Waals surface area contributed by atoms with Crippen LogP contribution in [0, 0.1) is 10.1 Å². The minimum absolute atomic E-state index is 0.216. The van der Waals surface area contributed by atoms with Gasteiger partial charge in [-0.1, -0.05) is 19.9 Å². The Bertz CT molecular complexity index is 686. The summed E-state index contributed by atoms with van der Waals surface area (Å²) in [6, 6.07) is 4.85. The van der Waals surface area contributed by atoms with Crippen LogP contribution in [0.25, 0.3) is 0 Å². The molecule has 0 aromatic heterocycles. The van der Waals surface area contributed by atoms with Crippen molar-refractivity contribution in [3.05, 3.63) is 28.3 Å². The third-order valence-electron chi connectivity index (χ3n) is 4.39. The summed E-state index contributed by atoms with van der Waals surface area (Å²) in [6.07, 6.45) is 1.92. The average molecular weight is 341 g/mol. The second-order valence-electron chi connectivity index (χ2n) is 5.76. The highest BCUT2D eigenvalue weighted by Gasteiger charge is 2.33. The zero-order valence-electron chi connectivity index (χ0n) is 13.7. The molecule has 0 bridgehead atoms. The number of rotatable bonds is 6. The lowest BCUT2D eigenvalue weighted by molar-refractivity contribution is -0.387. The maximum Gasteiger partial charge on any atom is 0.311 e. The Hall–Kier alpha value is -1.67. The Morgan fingerprint density at radius 1 is 1.35 bits per heavy atom. The summed E-state index contributed by atoms with van der Waals surface area (Å²) in [5.41, 5.74) is 0.0859. The second-order valence-corrected chi connectivity index (χ2v) is 7.75. The van der Waals surface area contributed by atoms with Gasteiger partial charge in [0.1, 0.15) is 10.6 Å². The molecule has 1 fully saturated rings. The summed E-state index contributed by atoms with van der Waals surface area (Å²) in [4.78, 5) is 14.9. The highest BCUT2D eigenvalue weighted by Crippen LogP contribution is 2.36. The molecule has 1 unspecified atom stereocenters. The highest BCUT2D eigenvalue weighted by molar-refractivity contribution is 7.90. The molecule has 1 heterocycles. The number of sulfone groups is 1. The van der Waals surface area contributed by atoms with Gasteiger partial charge in [0.2, 0.25) is 0 Å². The molecule has 1 aliphatic heterocycles. The monoisotopic (exact) mass is 341 g/mol. The van der Waals surface area contributed by atoms with Gasteiger partial charge in [-0.25, -0.2) is 8.42 Å². The molecule has 23 heavy (non-hydrogen) atoms. The molecule has 2 rings (SSSR count). The standard InChI is InChI=1S/C15H23N3O4S/c1-4-16(5-2)12-9-10-17(11-12)13-7-6-8-14(23(3,21)22)15(13)18(19)20/h6-8,12H,4-5,9-11H2,1-3H3. The molecule has 1 aromatic carbocycles. The van der Waals surface area contributed by atoms with Gasteiger partial charge >= 0.3 is 5.69 Å². The van der Waals surface area contributed by atoms with Crippen LogP contribution in [0.5, 0.6) is 0 Å². The van der Waals surface area contributed by atoms with E-state index in [0.717, 1.165) is 25.8 Å². The zero-order valence-corrected chi connectivity index (χ0v) is 14.5. The maximum atomic E-state index is 11.9. The smallest absolute Gasteiger partial charge is 0.311 e. The largest absolute Gasteiger partial charge is 0.364 e. The predicted molar refractivity (Wildman–Crippen MR) is 89.7 cm³/mol. The van der Waals surface area contributed by atoms with Crippen molar-refractivity contribution in [1.29, 1.82) is 0 Å². The van der Waals surface area contributed by atoms with Crippen molar-refractivity contribution in [2.24, 2.45) is 0 Å². The molecule has 128 valence electrons. The van der Waals surface area contributed by atoms with E-state index in [1.807, 2.05) is 4.90 Å². The molecular weight excluding hydrogens is 318 g/mol. The van der Waals surface area contributed by atoms with Crippen LogP contribution < -0.4 is 4.90 Å². The van der Waals surface area contributed by atoms with Crippen molar-refractivity contribution >= 4 is 21.2 Å². The first-order valence-corrected chi connectivity index (χ1v) is 9.65. The van der Waals surface area contributed by atoms with Crippen molar-refractivity contribution in [3.8, 4) is 0 Å². The number of likely N-dealkylation sites (N-methyl/N-ethyl adjacent to an activating group) is 1. The molecule has 1 aromatic rings. The number of nitro groups is 1. The molecular formula is C15H23N3O4S. The normalized spacial score (nSPS) is 18.6. The van der Waals surface area contributed by atoms with E-state index in [1.54, 1.807) is 12.1 Å². The minimum Gasteiger partial charge on any atom is -0.364 e. The van der Waals surface area contributed by atoms with E-state index in [4.69, 9.17) is 0 Å². The van der Waals surface area contributed by atoms with Gasteiger partial charge in [0.05, 0.1) is 4.92 Å². The van der Waals surface area contributed by atoms with E-state index >= 15 is 0 Å². The van der Waals surface area contributed by atoms with Crippen molar-refractivity contribution in [3.63, 3.8) is 0 Å². The van der Waals surface area contributed by atoms with Crippen LogP contribution >= 0.6 is 0 Å². The van der Waals surface area contributed by atoms with Gasteiger partial charge in [-0.15, -0.1) is 0 Å². The lowest BCUT2D eigenvalue weighted by atomic mass is 10.2. The molecule has 0 amide bonds. The van der Waals surface area contributed by atoms with Gasteiger partial charge in [-0.2, -0.15) is 0 Å². The minimum atomic E-state index is -3.65. The SMILES string of the molecule is CCN(CC)C1CCN(c2cccc(S(C)(=O)=O)c2[N+](=O)[O-])C1. The van der Waals surface area contributed by atoms with Gasteiger partial charge in [0.15, 0.2) is 9.84 Å². The Balaban J connectivity index is 2.40. The van der Waals surface area contributed by atoms with Gasteiger partial charge < -0.3 is 4.90 Å². The van der Waals surface area contributed by atoms with Gasteiger partial charge in [-0.3, -0.25) is 15.0 Å². The van der Waals surface area contributed by atoms with Crippen LogP contribution in [-0.2, 0) is 9.84 Å². The maximum absolute atomic E-state index is 11.9. The quantitative estimate of drug-likeness (QED) is 0.580. The number of anilines is 1. The van der Waals surface area contributed by atoms with Crippen molar-refractivity contribution in [2.75, 3.05) is 37.3 Å². The molecule has 7 nitrogen and oxygen atoms in total. The third-order valence-corrected chi connectivity index (χ3v) is 5.52. The average Bonchev–Trinajstić information content (AvgIpc) is 2.96. The van der Waals surface area contributed by atoms with Crippen LogP contribution in [0.2, 0.25) is 0 Å². The van der Waals surface area contributed by atoms with E-state index < -0.39 is 14.8 Å². The number of benzene rings is 1. The van der Waals surface area contributed by atoms with Crippen molar-refractivity contribution < 1.29 is 13.3 Å². The van der Waals surface area contributed by atoms with Gasteiger partial charge in [0.25, 0.3) is 0 Å². The van der Waals surface area contributed by atoms with E-state index in [1.165, 1.54) is 6.07 Å². The number of hydrogen-bond acceptors (Lipinski definition) is 6. The molecule has 0 spiro atoms. The lowest BCUT2D eigenvalue weighted by Crippen LogP contribution is -2.37.